The minimum absolute atomic E-state index is 0.00303. The second kappa shape index (κ2) is 7.44. The highest BCUT2D eigenvalue weighted by Gasteiger charge is 2.38. The quantitative estimate of drug-likeness (QED) is 0.671. The molecule has 0 atom stereocenters. The number of alkyl halides is 6. The molecule has 2 aromatic rings. The molecule has 11 heteroatoms. The van der Waals surface area contributed by atoms with Crippen LogP contribution >= 0.6 is 0 Å². The van der Waals surface area contributed by atoms with Gasteiger partial charge in [-0.25, -0.2) is 9.97 Å². The van der Waals surface area contributed by atoms with Crippen molar-refractivity contribution < 1.29 is 31.1 Å². The van der Waals surface area contributed by atoms with Gasteiger partial charge in [0.05, 0.1) is 23.4 Å². The van der Waals surface area contributed by atoms with Crippen LogP contribution in [0.3, 0.4) is 0 Å². The number of amides is 1. The number of benzene rings is 1. The predicted octanol–water partition coefficient (Wildman–Crippen LogP) is 4.09. The van der Waals surface area contributed by atoms with Crippen LogP contribution in [-0.4, -0.2) is 41.4 Å². The maximum Gasteiger partial charge on any atom is 0.416 e. The minimum Gasteiger partial charge on any atom is -0.362 e. The van der Waals surface area contributed by atoms with Crippen molar-refractivity contribution in [2.45, 2.75) is 32.2 Å². The molecule has 0 unspecified atom stereocenters. The molecule has 30 heavy (non-hydrogen) atoms. The van der Waals surface area contributed by atoms with E-state index in [0.29, 0.717) is 41.5 Å². The van der Waals surface area contributed by atoms with Crippen molar-refractivity contribution in [1.29, 1.82) is 0 Å². The Hall–Kier alpha value is -2.85. The van der Waals surface area contributed by atoms with E-state index < -0.39 is 35.0 Å². The summed E-state index contributed by atoms with van der Waals surface area (Å²) in [6, 6.07) is 0.903. The summed E-state index contributed by atoms with van der Waals surface area (Å²) in [5.74, 6) is 0.169. The van der Waals surface area contributed by atoms with Gasteiger partial charge in [-0.2, -0.15) is 26.3 Å². The van der Waals surface area contributed by atoms with Gasteiger partial charge in [-0.3, -0.25) is 4.79 Å². The Balaban J connectivity index is 2.01. The number of hydrogen-bond donors (Lipinski definition) is 0. The number of rotatable bonds is 2. The van der Waals surface area contributed by atoms with Crippen molar-refractivity contribution in [2.24, 2.45) is 0 Å². The molecule has 0 N–H and O–H groups in total. The normalized spacial score (nSPS) is 14.5. The molecule has 0 aliphatic carbocycles. The van der Waals surface area contributed by atoms with Gasteiger partial charge in [0.1, 0.15) is 11.6 Å². The van der Waals surface area contributed by atoms with Crippen LogP contribution in [0.4, 0.5) is 32.2 Å². The zero-order valence-corrected chi connectivity index (χ0v) is 16.3. The summed E-state index contributed by atoms with van der Waals surface area (Å²) >= 11 is 0. The van der Waals surface area contributed by atoms with Crippen molar-refractivity contribution in [3.8, 4) is 0 Å². The summed E-state index contributed by atoms with van der Waals surface area (Å²) in [5.41, 5.74) is -2.39. The topological polar surface area (TPSA) is 49.3 Å². The fourth-order valence-electron chi connectivity index (χ4n) is 3.32. The number of anilines is 1. The van der Waals surface area contributed by atoms with Gasteiger partial charge in [0.2, 0.25) is 0 Å². The summed E-state index contributed by atoms with van der Waals surface area (Å²) in [4.78, 5) is 24.4. The lowest BCUT2D eigenvalue weighted by Gasteiger charge is -2.31. The predicted molar refractivity (Wildman–Crippen MR) is 96.0 cm³/mol. The highest BCUT2D eigenvalue weighted by Crippen LogP contribution is 2.37. The molecule has 2 heterocycles. The van der Waals surface area contributed by atoms with E-state index in [0.717, 1.165) is 0 Å². The van der Waals surface area contributed by atoms with Gasteiger partial charge in [0.15, 0.2) is 0 Å². The highest BCUT2D eigenvalue weighted by atomic mass is 19.4. The third-order valence-corrected chi connectivity index (χ3v) is 4.70. The molecular weight excluding hydrogens is 414 g/mol. The lowest BCUT2D eigenvalue weighted by Crippen LogP contribution is -2.38. The van der Waals surface area contributed by atoms with Crippen molar-refractivity contribution in [2.75, 3.05) is 25.5 Å². The molecule has 1 aromatic heterocycles. The van der Waals surface area contributed by atoms with E-state index in [1.165, 1.54) is 4.90 Å². The van der Waals surface area contributed by atoms with Gasteiger partial charge >= 0.3 is 12.4 Å². The Kier molecular flexibility index (Phi) is 5.42. The molecule has 3 rings (SSSR count). The number of carbonyl (C=O) groups is 1. The van der Waals surface area contributed by atoms with Gasteiger partial charge in [0.25, 0.3) is 5.91 Å². The standard InChI is InChI=1S/C19H18F6N4O/c1-10-26-15-4-5-29(9-14(15)16(27-10)28(2)3)17(30)11-6-12(18(20,21)22)8-13(7-11)19(23,24)25/h6-8H,4-5,9H2,1-3H3. The molecule has 1 aliphatic heterocycles. The van der Waals surface area contributed by atoms with Gasteiger partial charge in [-0.1, -0.05) is 0 Å². The molecule has 0 bridgehead atoms. The number of halogens is 6. The molecule has 162 valence electrons. The molecule has 5 nitrogen and oxygen atoms in total. The first kappa shape index (κ1) is 21.8. The lowest BCUT2D eigenvalue weighted by atomic mass is 10.0. The molecular formula is C19H18F6N4O. The first-order valence-corrected chi connectivity index (χ1v) is 8.90. The Morgan fingerprint density at radius 1 is 1.00 bits per heavy atom. The number of hydrogen-bond acceptors (Lipinski definition) is 4. The summed E-state index contributed by atoms with van der Waals surface area (Å²) in [6.07, 6.45) is -9.72. The minimum atomic E-state index is -5.02. The van der Waals surface area contributed by atoms with Crippen molar-refractivity contribution >= 4 is 11.7 Å². The van der Waals surface area contributed by atoms with E-state index in [-0.39, 0.29) is 19.2 Å². The fourth-order valence-corrected chi connectivity index (χ4v) is 3.32. The van der Waals surface area contributed by atoms with Gasteiger partial charge < -0.3 is 9.80 Å². The third-order valence-electron chi connectivity index (χ3n) is 4.70. The second-order valence-electron chi connectivity index (χ2n) is 7.19. The molecule has 1 aliphatic rings. The van der Waals surface area contributed by atoms with Crippen LogP contribution in [0.2, 0.25) is 0 Å². The van der Waals surface area contributed by atoms with E-state index in [1.54, 1.807) is 25.9 Å². The van der Waals surface area contributed by atoms with Crippen molar-refractivity contribution in [3.05, 3.63) is 52.0 Å². The van der Waals surface area contributed by atoms with Crippen molar-refractivity contribution in [3.63, 3.8) is 0 Å². The molecule has 0 saturated heterocycles. The van der Waals surface area contributed by atoms with Crippen LogP contribution in [0.5, 0.6) is 0 Å². The van der Waals surface area contributed by atoms with Crippen LogP contribution in [-0.2, 0) is 25.3 Å². The zero-order chi connectivity index (χ0) is 22.4. The maximum atomic E-state index is 13.1. The Morgan fingerprint density at radius 3 is 2.07 bits per heavy atom. The van der Waals surface area contributed by atoms with Crippen LogP contribution in [0.1, 0.15) is 38.6 Å². The SMILES string of the molecule is Cc1nc2c(c(N(C)C)n1)CN(C(=O)c1cc(C(F)(F)F)cc(C(F)(F)F)c1)CC2. The summed E-state index contributed by atoms with van der Waals surface area (Å²) in [5, 5.41) is 0. The lowest BCUT2D eigenvalue weighted by molar-refractivity contribution is -0.143. The van der Waals surface area contributed by atoms with E-state index in [2.05, 4.69) is 9.97 Å². The first-order chi connectivity index (χ1) is 13.8. The highest BCUT2D eigenvalue weighted by molar-refractivity contribution is 5.95. The summed E-state index contributed by atoms with van der Waals surface area (Å²) < 4.78 is 78.6. The largest absolute Gasteiger partial charge is 0.416 e. The number of fused-ring (bicyclic) bond motifs is 1. The van der Waals surface area contributed by atoms with Crippen molar-refractivity contribution in [1.82, 2.24) is 14.9 Å². The number of carbonyl (C=O) groups excluding carboxylic acids is 1. The molecule has 1 amide bonds. The average Bonchev–Trinajstić information content (AvgIpc) is 2.64. The average molecular weight is 432 g/mol. The van der Waals surface area contributed by atoms with Gasteiger partial charge in [-0.05, 0) is 25.1 Å². The maximum absolute atomic E-state index is 13.1. The van der Waals surface area contributed by atoms with Gasteiger partial charge in [0, 0.05) is 38.2 Å². The van der Waals surface area contributed by atoms with E-state index >= 15 is 0 Å². The summed E-state index contributed by atoms with van der Waals surface area (Å²) in [6.45, 7) is 1.82. The molecule has 0 radical (unpaired) electrons. The van der Waals surface area contributed by atoms with Crippen LogP contribution in [0, 0.1) is 6.92 Å². The van der Waals surface area contributed by atoms with E-state index in [1.807, 2.05) is 0 Å². The monoisotopic (exact) mass is 432 g/mol. The number of nitrogens with zero attached hydrogens (tertiary/aromatic N) is 4. The Labute approximate surface area is 168 Å². The third kappa shape index (κ3) is 4.34. The summed E-state index contributed by atoms with van der Waals surface area (Å²) in [7, 11) is 3.48. The zero-order valence-electron chi connectivity index (χ0n) is 16.3. The van der Waals surface area contributed by atoms with Crippen LogP contribution in [0.15, 0.2) is 18.2 Å². The second-order valence-corrected chi connectivity index (χ2v) is 7.19. The van der Waals surface area contributed by atoms with Crippen LogP contribution < -0.4 is 4.90 Å². The molecule has 0 fully saturated rings. The number of aromatic nitrogens is 2. The first-order valence-electron chi connectivity index (χ1n) is 8.90. The van der Waals surface area contributed by atoms with E-state index in [4.69, 9.17) is 0 Å². The Morgan fingerprint density at radius 2 is 1.57 bits per heavy atom. The molecule has 1 aromatic carbocycles. The molecule has 0 spiro atoms. The molecule has 0 saturated carbocycles. The number of aryl methyl sites for hydroxylation is 1. The smallest absolute Gasteiger partial charge is 0.362 e. The Bertz CT molecular complexity index is 952. The van der Waals surface area contributed by atoms with Gasteiger partial charge in [-0.15, -0.1) is 0 Å². The fraction of sp³-hybridized carbons (Fsp3) is 0.421. The van der Waals surface area contributed by atoms with Crippen LogP contribution in [0.25, 0.3) is 0 Å². The van der Waals surface area contributed by atoms with E-state index in [9.17, 15) is 31.1 Å².